The third kappa shape index (κ3) is 2.29. The summed E-state index contributed by atoms with van der Waals surface area (Å²) in [6.07, 6.45) is 1.77. The second kappa shape index (κ2) is 5.10. The quantitative estimate of drug-likeness (QED) is 0.891. The standard InChI is InChI=1S/C15H14FNO2/c1-4-12-9(2)19-14(13(12)15(18)17-3)10-5-7-11(16)8-6-10/h4-8H,2H2,1,3H3,(H,17,18)/b12-4+. The van der Waals surface area contributed by atoms with Crippen LogP contribution in [-0.4, -0.2) is 13.0 Å². The molecule has 1 N–H and O–H groups in total. The van der Waals surface area contributed by atoms with E-state index in [1.807, 2.05) is 0 Å². The van der Waals surface area contributed by atoms with Crippen molar-refractivity contribution >= 4 is 18.6 Å². The summed E-state index contributed by atoms with van der Waals surface area (Å²) in [4.78, 5) is 12.0. The van der Waals surface area contributed by atoms with Gasteiger partial charge in [-0.3, -0.25) is 4.79 Å². The van der Waals surface area contributed by atoms with Crippen molar-refractivity contribution in [2.75, 3.05) is 7.05 Å². The van der Waals surface area contributed by atoms with Crippen LogP contribution in [0.4, 0.5) is 4.39 Å². The average Bonchev–Trinajstić information content (AvgIpc) is 2.75. The summed E-state index contributed by atoms with van der Waals surface area (Å²) in [5.74, 6) is -0.197. The lowest BCUT2D eigenvalue weighted by Crippen LogP contribution is -2.29. The van der Waals surface area contributed by atoms with Crippen LogP contribution in [-0.2, 0) is 0 Å². The summed E-state index contributed by atoms with van der Waals surface area (Å²) in [5.41, 5.74) is 1.47. The molecule has 0 atom stereocenters. The Morgan fingerprint density at radius 1 is 1.37 bits per heavy atom. The van der Waals surface area contributed by atoms with Gasteiger partial charge in [0.15, 0.2) is 0 Å². The van der Waals surface area contributed by atoms with Gasteiger partial charge < -0.3 is 9.73 Å². The number of halogens is 1. The van der Waals surface area contributed by atoms with Crippen LogP contribution in [0.3, 0.4) is 0 Å². The number of amides is 1. The van der Waals surface area contributed by atoms with Crippen LogP contribution in [0.5, 0.6) is 0 Å². The number of carbonyl (C=O) groups is 1. The molecular formula is C15H14FNO2. The van der Waals surface area contributed by atoms with E-state index in [1.165, 1.54) is 12.1 Å². The maximum atomic E-state index is 12.9. The highest BCUT2D eigenvalue weighted by molar-refractivity contribution is 5.99. The first-order valence-corrected chi connectivity index (χ1v) is 5.84. The van der Waals surface area contributed by atoms with Gasteiger partial charge in [0.05, 0.1) is 5.56 Å². The molecule has 0 unspecified atom stereocenters. The zero-order chi connectivity index (χ0) is 14.0. The minimum atomic E-state index is -0.339. The van der Waals surface area contributed by atoms with Crippen molar-refractivity contribution in [2.24, 2.45) is 0 Å². The fraction of sp³-hybridized carbons (Fsp3) is 0.133. The first-order valence-electron chi connectivity index (χ1n) is 5.84. The van der Waals surface area contributed by atoms with Gasteiger partial charge in [-0.05, 0) is 31.2 Å². The maximum absolute atomic E-state index is 12.9. The molecule has 0 aliphatic rings. The Morgan fingerprint density at radius 2 is 2.00 bits per heavy atom. The summed E-state index contributed by atoms with van der Waals surface area (Å²) in [6, 6.07) is 5.78. The van der Waals surface area contributed by atoms with Crippen molar-refractivity contribution in [2.45, 2.75) is 6.92 Å². The highest BCUT2D eigenvalue weighted by Gasteiger charge is 2.18. The number of carbonyl (C=O) groups excluding carboxylic acids is 1. The van der Waals surface area contributed by atoms with Crippen LogP contribution >= 0.6 is 0 Å². The van der Waals surface area contributed by atoms with E-state index in [9.17, 15) is 9.18 Å². The fourth-order valence-electron chi connectivity index (χ4n) is 1.95. The highest BCUT2D eigenvalue weighted by atomic mass is 19.1. The molecule has 0 fully saturated rings. The normalized spacial score (nSPS) is 11.6. The van der Waals surface area contributed by atoms with Crippen molar-refractivity contribution in [1.29, 1.82) is 0 Å². The third-order valence-corrected chi connectivity index (χ3v) is 2.87. The van der Waals surface area contributed by atoms with Gasteiger partial charge in [-0.1, -0.05) is 12.7 Å². The number of rotatable bonds is 2. The molecule has 19 heavy (non-hydrogen) atoms. The highest BCUT2D eigenvalue weighted by Crippen LogP contribution is 2.21. The van der Waals surface area contributed by atoms with Crippen LogP contribution in [0.25, 0.3) is 24.0 Å². The lowest BCUT2D eigenvalue weighted by molar-refractivity contribution is 0.0962. The van der Waals surface area contributed by atoms with Gasteiger partial charge >= 0.3 is 0 Å². The van der Waals surface area contributed by atoms with Gasteiger partial charge in [0.2, 0.25) is 0 Å². The zero-order valence-corrected chi connectivity index (χ0v) is 10.8. The lowest BCUT2D eigenvalue weighted by atomic mass is 10.1. The van der Waals surface area contributed by atoms with Crippen LogP contribution in [0, 0.1) is 5.82 Å². The molecule has 1 heterocycles. The molecule has 0 bridgehead atoms. The molecule has 1 aromatic carbocycles. The van der Waals surface area contributed by atoms with Crippen molar-refractivity contribution < 1.29 is 13.6 Å². The Morgan fingerprint density at radius 3 is 2.53 bits per heavy atom. The second-order valence-corrected chi connectivity index (χ2v) is 4.02. The SMILES string of the molecule is C=c1oc(-c2ccc(F)cc2)c(C(=O)NC)/c1=C/C. The lowest BCUT2D eigenvalue weighted by Gasteiger charge is -2.01. The number of hydrogen-bond acceptors (Lipinski definition) is 2. The molecule has 2 rings (SSSR count). The monoisotopic (exact) mass is 259 g/mol. The van der Waals surface area contributed by atoms with Crippen LogP contribution in [0.1, 0.15) is 17.3 Å². The van der Waals surface area contributed by atoms with Gasteiger partial charge in [-0.2, -0.15) is 0 Å². The number of benzene rings is 1. The van der Waals surface area contributed by atoms with Gasteiger partial charge in [0.25, 0.3) is 5.91 Å². The number of hydrogen-bond donors (Lipinski definition) is 1. The summed E-state index contributed by atoms with van der Waals surface area (Å²) in [6.45, 7) is 5.59. The second-order valence-electron chi connectivity index (χ2n) is 4.02. The molecule has 0 radical (unpaired) electrons. The number of nitrogens with one attached hydrogen (secondary N) is 1. The van der Waals surface area contributed by atoms with E-state index >= 15 is 0 Å². The summed E-state index contributed by atoms with van der Waals surface area (Å²) in [7, 11) is 1.55. The Hall–Kier alpha value is -2.36. The summed E-state index contributed by atoms with van der Waals surface area (Å²) in [5, 5.41) is 3.22. The Bertz CT molecular complexity index is 714. The Labute approximate surface area is 110 Å². The van der Waals surface area contributed by atoms with E-state index in [-0.39, 0.29) is 11.7 Å². The number of furan rings is 1. The molecule has 3 nitrogen and oxygen atoms in total. The summed E-state index contributed by atoms with van der Waals surface area (Å²) < 4.78 is 18.5. The van der Waals surface area contributed by atoms with Gasteiger partial charge in [0, 0.05) is 17.8 Å². The molecule has 0 saturated carbocycles. The largest absolute Gasteiger partial charge is 0.456 e. The third-order valence-electron chi connectivity index (χ3n) is 2.87. The van der Waals surface area contributed by atoms with Crippen molar-refractivity contribution in [3.05, 3.63) is 46.3 Å². The predicted octanol–water partition coefficient (Wildman–Crippen LogP) is 1.66. The maximum Gasteiger partial charge on any atom is 0.255 e. The van der Waals surface area contributed by atoms with E-state index < -0.39 is 0 Å². The minimum Gasteiger partial charge on any atom is -0.456 e. The predicted molar refractivity (Wildman–Crippen MR) is 72.4 cm³/mol. The zero-order valence-electron chi connectivity index (χ0n) is 10.8. The van der Waals surface area contributed by atoms with Crippen molar-refractivity contribution in [1.82, 2.24) is 5.32 Å². The molecule has 98 valence electrons. The molecular weight excluding hydrogens is 245 g/mol. The van der Waals surface area contributed by atoms with E-state index in [0.717, 1.165) is 0 Å². The van der Waals surface area contributed by atoms with Crippen molar-refractivity contribution in [3.8, 4) is 11.3 Å². The van der Waals surface area contributed by atoms with E-state index in [2.05, 4.69) is 11.9 Å². The van der Waals surface area contributed by atoms with Gasteiger partial charge in [0.1, 0.15) is 17.0 Å². The first kappa shape index (κ1) is 13.1. The molecule has 0 spiro atoms. The van der Waals surface area contributed by atoms with E-state index in [0.29, 0.717) is 27.5 Å². The Balaban J connectivity index is 2.74. The topological polar surface area (TPSA) is 42.2 Å². The summed E-state index contributed by atoms with van der Waals surface area (Å²) >= 11 is 0. The average molecular weight is 259 g/mol. The molecule has 0 aliphatic heterocycles. The first-order chi connectivity index (χ1) is 9.08. The molecule has 1 aromatic heterocycles. The smallest absolute Gasteiger partial charge is 0.255 e. The minimum absolute atomic E-state index is 0.258. The fourth-order valence-corrected chi connectivity index (χ4v) is 1.95. The molecule has 2 aromatic rings. The van der Waals surface area contributed by atoms with Crippen LogP contribution in [0.2, 0.25) is 0 Å². The van der Waals surface area contributed by atoms with Crippen LogP contribution < -0.4 is 16.0 Å². The van der Waals surface area contributed by atoms with Gasteiger partial charge in [-0.25, -0.2) is 4.39 Å². The van der Waals surface area contributed by atoms with E-state index in [1.54, 1.807) is 32.2 Å². The Kier molecular flexibility index (Phi) is 3.51. The van der Waals surface area contributed by atoms with Gasteiger partial charge in [-0.15, -0.1) is 0 Å². The molecule has 0 saturated heterocycles. The molecule has 4 heteroatoms. The van der Waals surface area contributed by atoms with Crippen molar-refractivity contribution in [3.63, 3.8) is 0 Å². The molecule has 0 aliphatic carbocycles. The van der Waals surface area contributed by atoms with E-state index in [4.69, 9.17) is 4.42 Å². The molecule has 1 amide bonds. The van der Waals surface area contributed by atoms with Crippen LogP contribution in [0.15, 0.2) is 28.7 Å².